The second-order valence-electron chi connectivity index (χ2n) is 17.7. The van der Waals surface area contributed by atoms with Crippen LogP contribution in [0.2, 0.25) is 0 Å². The number of nitrogen functional groups attached to an aromatic ring is 1. The van der Waals surface area contributed by atoms with Crippen LogP contribution < -0.4 is 5.73 Å². The van der Waals surface area contributed by atoms with Gasteiger partial charge in [-0.25, -0.2) is 4.99 Å². The number of pyridine rings is 1. The fraction of sp³-hybridized carbons (Fsp3) is 0.714. The minimum Gasteiger partial charge on any atom is -0.459 e. The fourth-order valence-corrected chi connectivity index (χ4v) is 9.74. The summed E-state index contributed by atoms with van der Waals surface area (Å²) in [6.45, 7) is 13.3. The number of aliphatic imine (C=N–C) groups is 1. The van der Waals surface area contributed by atoms with Crippen LogP contribution in [-0.4, -0.2) is 147 Å². The van der Waals surface area contributed by atoms with E-state index in [1.807, 2.05) is 39.8 Å². The summed E-state index contributed by atoms with van der Waals surface area (Å²) >= 11 is 1.20. The van der Waals surface area contributed by atoms with Crippen LogP contribution >= 0.6 is 11.3 Å². The molecule has 6 heterocycles. The maximum atomic E-state index is 14.5. The molecule has 4 bridgehead atoms. The molecule has 2 aromatic rings. The van der Waals surface area contributed by atoms with E-state index in [9.17, 15) is 24.6 Å². The third-order valence-electron chi connectivity index (χ3n) is 12.6. The zero-order chi connectivity index (χ0) is 44.6. The van der Waals surface area contributed by atoms with Gasteiger partial charge in [0.05, 0.1) is 37.1 Å². The van der Waals surface area contributed by atoms with Crippen molar-refractivity contribution in [3.05, 3.63) is 23.9 Å². The number of aliphatic hydroxyl groups excluding tert-OH is 1. The van der Waals surface area contributed by atoms with Crippen molar-refractivity contribution >= 4 is 45.6 Å². The highest BCUT2D eigenvalue weighted by Crippen LogP contribution is 2.40. The van der Waals surface area contributed by atoms with Gasteiger partial charge in [0.2, 0.25) is 11.2 Å². The Labute approximate surface area is 360 Å². The van der Waals surface area contributed by atoms with E-state index in [1.165, 1.54) is 25.2 Å². The first-order chi connectivity index (χ1) is 28.7. The van der Waals surface area contributed by atoms with Crippen LogP contribution in [0.15, 0.2) is 28.5 Å². The molecule has 6 rings (SSSR count). The Kier molecular flexibility index (Phi) is 14.4. The van der Waals surface area contributed by atoms with Gasteiger partial charge >= 0.3 is 5.97 Å². The van der Waals surface area contributed by atoms with E-state index in [2.05, 4.69) is 20.3 Å². The van der Waals surface area contributed by atoms with Gasteiger partial charge in [-0.15, -0.1) is 10.2 Å². The van der Waals surface area contributed by atoms with Crippen molar-refractivity contribution < 1.29 is 53.1 Å². The number of ketones is 1. The lowest BCUT2D eigenvalue weighted by atomic mass is 9.73. The van der Waals surface area contributed by atoms with Crippen LogP contribution in [0.25, 0.3) is 10.7 Å². The van der Waals surface area contributed by atoms with Crippen molar-refractivity contribution in [2.24, 2.45) is 33.8 Å². The predicted molar refractivity (Wildman–Crippen MR) is 224 cm³/mol. The molecule has 14 atom stereocenters. The molecule has 1 amide bonds. The number of anilines is 1. The van der Waals surface area contributed by atoms with Crippen molar-refractivity contribution in [3.8, 4) is 10.7 Å². The number of oxime groups is 1. The predicted octanol–water partition coefficient (Wildman–Crippen LogP) is 3.02. The number of hydrogen-bond acceptors (Lipinski definition) is 18. The van der Waals surface area contributed by atoms with E-state index >= 15 is 0 Å². The fourth-order valence-electron chi connectivity index (χ4n) is 9.16. The number of hydrogen-bond donors (Lipinski definition) is 3. The number of rotatable bonds is 7. The first kappa shape index (κ1) is 46.7. The quantitative estimate of drug-likeness (QED) is 0.268. The number of nitrogens with two attached hydrogens (primary N) is 1. The summed E-state index contributed by atoms with van der Waals surface area (Å²) in [5.74, 6) is -5.58. The van der Waals surface area contributed by atoms with Crippen molar-refractivity contribution in [3.63, 3.8) is 0 Å². The summed E-state index contributed by atoms with van der Waals surface area (Å²) in [6, 6.07) is 3.22. The Balaban J connectivity index is 1.47. The van der Waals surface area contributed by atoms with Gasteiger partial charge in [0.15, 0.2) is 17.1 Å². The van der Waals surface area contributed by atoms with Crippen LogP contribution in [0.4, 0.5) is 5.13 Å². The number of amides is 1. The van der Waals surface area contributed by atoms with Gasteiger partial charge < -0.3 is 49.4 Å². The number of carbonyl (C=O) groups is 3. The average molecular weight is 872 g/mol. The van der Waals surface area contributed by atoms with Gasteiger partial charge in [-0.05, 0) is 78.6 Å². The zero-order valence-electron chi connectivity index (χ0n) is 36.6. The number of cyclic esters (lactones) is 1. The van der Waals surface area contributed by atoms with Crippen LogP contribution in [0.3, 0.4) is 0 Å². The smallest absolute Gasteiger partial charge is 0.316 e. The molecule has 2 aromatic heterocycles. The minimum atomic E-state index is -1.85. The van der Waals surface area contributed by atoms with Crippen molar-refractivity contribution in [1.82, 2.24) is 20.1 Å². The highest BCUT2D eigenvalue weighted by atomic mass is 32.1. The maximum absolute atomic E-state index is 14.5. The number of esters is 1. The standard InChI is InChI=1S/C42H61N7O11S/c1-11-30-42(8,54)35-22(4)31-20(2)16-41(7,34(23(5)32(50)24(6)38(53)58-30)59-39-33(51)28(49(9)10)14-21(3)57-39)56-19-26(18-55-35)48-60-29(36(52)45-31)15-25-12-13-27(44-17-25)37-46-47-40(43)61-37/h12-13,17,20-24,28-30,33-35,39,51,54H,11,14-16,18-19H2,1-10H3,(H2,43,47)/b45-31?,48-26+/t20-,21-,22-,23+,24-,28+,29?,30-,33-,34-,35+,39+,41-,42-/m1/s1. The molecule has 61 heavy (non-hydrogen) atoms. The molecule has 4 aliphatic rings. The highest BCUT2D eigenvalue weighted by Gasteiger charge is 2.53. The van der Waals surface area contributed by atoms with Gasteiger partial charge in [-0.3, -0.25) is 19.4 Å². The number of likely N-dealkylation sites (N-methyl/N-ethyl adjacent to an activating group) is 1. The third kappa shape index (κ3) is 10.0. The lowest BCUT2D eigenvalue weighted by Crippen LogP contribution is -2.60. The summed E-state index contributed by atoms with van der Waals surface area (Å²) in [5.41, 5.74) is 4.32. The molecule has 1 unspecified atom stereocenters. The highest BCUT2D eigenvalue weighted by molar-refractivity contribution is 7.18. The summed E-state index contributed by atoms with van der Waals surface area (Å²) in [5, 5.41) is 37.3. The molecule has 0 spiro atoms. The number of aliphatic hydroxyl groups is 2. The Hall–Kier alpha value is -3.82. The molecular weight excluding hydrogens is 811 g/mol. The van der Waals surface area contributed by atoms with E-state index < -0.39 is 89.3 Å². The second kappa shape index (κ2) is 18.9. The Bertz CT molecular complexity index is 1960. The largest absolute Gasteiger partial charge is 0.459 e. The van der Waals surface area contributed by atoms with E-state index in [0.717, 1.165) is 0 Å². The number of fused-ring (bicyclic) bond motifs is 4. The van der Waals surface area contributed by atoms with Gasteiger partial charge in [-0.1, -0.05) is 50.3 Å². The molecular formula is C42H61N7O11S. The van der Waals surface area contributed by atoms with E-state index in [1.54, 1.807) is 39.1 Å². The first-order valence-corrected chi connectivity index (χ1v) is 21.8. The molecule has 0 aromatic carbocycles. The first-order valence-electron chi connectivity index (χ1n) is 21.0. The van der Waals surface area contributed by atoms with Crippen LogP contribution in [-0.2, 0) is 49.3 Å². The van der Waals surface area contributed by atoms with Gasteiger partial charge in [0.1, 0.15) is 35.1 Å². The monoisotopic (exact) mass is 871 g/mol. The maximum Gasteiger partial charge on any atom is 0.316 e. The van der Waals surface area contributed by atoms with Crippen molar-refractivity contribution in [2.75, 3.05) is 33.0 Å². The van der Waals surface area contributed by atoms with Gasteiger partial charge in [-0.2, -0.15) is 0 Å². The molecule has 0 radical (unpaired) electrons. The molecule has 18 nitrogen and oxygen atoms in total. The Morgan fingerprint density at radius 3 is 2.43 bits per heavy atom. The summed E-state index contributed by atoms with van der Waals surface area (Å²) in [6.07, 6.45) is -4.65. The lowest BCUT2D eigenvalue weighted by Gasteiger charge is -2.47. The Morgan fingerprint density at radius 2 is 1.79 bits per heavy atom. The number of nitrogens with zero attached hydrogens (tertiary/aromatic N) is 6. The normalized spacial score (nSPS) is 39.0. The lowest BCUT2D eigenvalue weighted by molar-refractivity contribution is -0.296. The third-order valence-corrected chi connectivity index (χ3v) is 13.3. The summed E-state index contributed by atoms with van der Waals surface area (Å²) in [7, 11) is 3.73. The average Bonchev–Trinajstić information content (AvgIpc) is 3.64. The molecule has 336 valence electrons. The molecule has 4 N–H and O–H groups in total. The van der Waals surface area contributed by atoms with E-state index in [-0.39, 0.29) is 50.3 Å². The molecule has 0 aliphatic carbocycles. The number of carbonyl (C=O) groups excluding carboxylic acids is 3. The molecule has 3 fully saturated rings. The zero-order valence-corrected chi connectivity index (χ0v) is 37.5. The Morgan fingerprint density at radius 1 is 1.05 bits per heavy atom. The SMILES string of the molecule is CC[C@H]1OC(=O)[C@H](C)C(=O)[C@H](C)[C@@H](O[C@@H]2O[C@H](C)C[C@H](N(C)C)[C@H]2O)[C@@]2(C)C[C@@H](C)C3=NC(=O)C(Cc4ccc(-c5nnc(N)s5)nc4)O/N=C(\CO[C@@H]([C@@H]3C)[C@]1(C)O)CO2. The number of Topliss-reactive ketones (excluding diaryl/α,β-unsaturated/α-hetero) is 1. The van der Waals surface area contributed by atoms with Crippen molar-refractivity contribution in [2.45, 2.75) is 141 Å². The van der Waals surface area contributed by atoms with E-state index in [0.29, 0.717) is 33.5 Å². The van der Waals surface area contributed by atoms with Gasteiger partial charge in [0.25, 0.3) is 5.91 Å². The molecule has 0 saturated carbocycles. The summed E-state index contributed by atoms with van der Waals surface area (Å²) < 4.78 is 32.4. The molecule has 19 heteroatoms. The number of aromatic nitrogens is 3. The topological polar surface area (TPSA) is 240 Å². The van der Waals surface area contributed by atoms with Crippen LogP contribution in [0.5, 0.6) is 0 Å². The number of ether oxygens (including phenoxy) is 5. The molecule has 3 saturated heterocycles. The molecule has 4 aliphatic heterocycles. The minimum absolute atomic E-state index is 0.0545. The van der Waals surface area contributed by atoms with Gasteiger partial charge in [0, 0.05) is 36.2 Å². The van der Waals surface area contributed by atoms with Crippen molar-refractivity contribution in [1.29, 1.82) is 0 Å². The second-order valence-corrected chi connectivity index (χ2v) is 18.7. The van der Waals surface area contributed by atoms with Crippen LogP contribution in [0, 0.1) is 23.7 Å². The summed E-state index contributed by atoms with van der Waals surface area (Å²) in [4.78, 5) is 60.0. The van der Waals surface area contributed by atoms with Crippen LogP contribution in [0.1, 0.15) is 80.2 Å². The van der Waals surface area contributed by atoms with E-state index in [4.69, 9.17) is 39.2 Å².